The number of halogens is 1. The Morgan fingerprint density at radius 2 is 1.93 bits per heavy atom. The molecule has 0 radical (unpaired) electrons. The van der Waals surface area contributed by atoms with E-state index in [4.69, 9.17) is 9.47 Å². The molecule has 3 saturated heterocycles. The summed E-state index contributed by atoms with van der Waals surface area (Å²) in [5, 5.41) is 23.5. The van der Waals surface area contributed by atoms with Gasteiger partial charge in [-0.3, -0.25) is 14.4 Å². The number of fused-ring (bicyclic) bond motifs is 2. The normalized spacial score (nSPS) is 27.5. The van der Waals surface area contributed by atoms with Gasteiger partial charge in [-0.1, -0.05) is 33.3 Å². The Morgan fingerprint density at radius 3 is 2.70 bits per heavy atom. The minimum atomic E-state index is -1.16. The van der Waals surface area contributed by atoms with Crippen LogP contribution in [0.2, 0.25) is 0 Å². The van der Waals surface area contributed by atoms with Crippen molar-refractivity contribution in [2.24, 2.45) is 11.8 Å². The molecule has 6 rings (SSSR count). The molecule has 0 aliphatic carbocycles. The fourth-order valence-electron chi connectivity index (χ4n) is 6.85. The molecule has 3 aliphatic rings. The van der Waals surface area contributed by atoms with E-state index in [1.165, 1.54) is 0 Å². The van der Waals surface area contributed by atoms with Crippen LogP contribution in [-0.2, 0) is 25.8 Å². The first-order chi connectivity index (χ1) is 20.9. The number of hydrogen-bond donors (Lipinski definition) is 3. The van der Waals surface area contributed by atoms with E-state index in [1.54, 1.807) is 33.8 Å². The number of benzene rings is 2. The Morgan fingerprint density at radius 1 is 1.14 bits per heavy atom. The quantitative estimate of drug-likeness (QED) is 0.199. The summed E-state index contributed by atoms with van der Waals surface area (Å²) in [6, 6.07) is 13.6. The van der Waals surface area contributed by atoms with Gasteiger partial charge in [0, 0.05) is 23.7 Å². The summed E-state index contributed by atoms with van der Waals surface area (Å²) in [5.41, 5.74) is 0.893. The molecule has 4 heterocycles. The molecular weight excluding hydrogens is 620 g/mol. The number of nitrogens with one attached hydrogen (secondary N) is 2. The van der Waals surface area contributed by atoms with E-state index >= 15 is 0 Å². The third kappa shape index (κ3) is 5.27. The van der Waals surface area contributed by atoms with E-state index in [2.05, 4.69) is 36.9 Å². The number of aliphatic hydroxyl groups excluding tert-OH is 1. The fraction of sp³-hybridized carbons (Fsp3) is 0.500. The Kier molecular flexibility index (Phi) is 8.38. The molecule has 6 atom stereocenters. The molecule has 2 aromatic carbocycles. The van der Waals surface area contributed by atoms with Crippen molar-refractivity contribution >= 4 is 50.4 Å². The number of aliphatic hydroxyl groups is 1. The van der Waals surface area contributed by atoms with Gasteiger partial charge >= 0.3 is 0 Å². The van der Waals surface area contributed by atoms with Crippen LogP contribution >= 0.6 is 15.9 Å². The highest BCUT2D eigenvalue weighted by atomic mass is 79.9. The van der Waals surface area contributed by atoms with Crippen molar-refractivity contribution in [2.75, 3.05) is 25.1 Å². The van der Waals surface area contributed by atoms with Gasteiger partial charge in [-0.25, -0.2) is 4.68 Å². The number of rotatable bonds is 12. The van der Waals surface area contributed by atoms with Crippen molar-refractivity contribution in [1.29, 1.82) is 0 Å². The van der Waals surface area contributed by atoms with Crippen LogP contribution in [-0.4, -0.2) is 85.1 Å². The van der Waals surface area contributed by atoms with E-state index in [1.807, 2.05) is 31.2 Å². The number of ether oxygens (including phenoxy) is 2. The molecule has 3 fully saturated rings. The van der Waals surface area contributed by atoms with E-state index in [9.17, 15) is 19.5 Å². The molecule has 3 unspecified atom stereocenters. The standard InChI is InChI=1S/C30H35BrN6O6/c1-2-42-19-12-10-18(11-13-19)33-27(39)23-24-29(41)36(14-6-3-7-15-38)26(30(24)16-20(31)25(23)43-30)28(40)32-17-37-22-9-5-4-8-21(22)34-35-37/h4-5,8-13,20,23-26,38H,2-3,6-7,14-17H2,1H3,(H,32,40)(H,33,39)/t20?,23-,24-,25-,26?,30?/m0/s1. The molecule has 12 nitrogen and oxygen atoms in total. The van der Waals surface area contributed by atoms with Crippen LogP contribution in [0.1, 0.15) is 32.6 Å². The first kappa shape index (κ1) is 29.5. The smallest absolute Gasteiger partial charge is 0.247 e. The van der Waals surface area contributed by atoms with Crippen molar-refractivity contribution in [1.82, 2.24) is 25.2 Å². The van der Waals surface area contributed by atoms with Gasteiger partial charge < -0.3 is 30.1 Å². The second-order valence-electron chi connectivity index (χ2n) is 11.2. The predicted molar refractivity (Wildman–Crippen MR) is 160 cm³/mol. The van der Waals surface area contributed by atoms with Crippen molar-refractivity contribution in [3.8, 4) is 5.75 Å². The van der Waals surface area contributed by atoms with Gasteiger partial charge in [0.25, 0.3) is 0 Å². The predicted octanol–water partition coefficient (Wildman–Crippen LogP) is 2.45. The van der Waals surface area contributed by atoms with E-state index in [0.717, 1.165) is 5.52 Å². The van der Waals surface area contributed by atoms with E-state index < -0.39 is 29.6 Å². The molecule has 1 aromatic heterocycles. The number of nitrogens with zero attached hydrogens (tertiary/aromatic N) is 4. The van der Waals surface area contributed by atoms with Crippen LogP contribution in [0.5, 0.6) is 5.75 Å². The van der Waals surface area contributed by atoms with Gasteiger partial charge in [0.05, 0.1) is 30.1 Å². The van der Waals surface area contributed by atoms with Gasteiger partial charge in [0.15, 0.2) is 0 Å². The first-order valence-corrected chi connectivity index (χ1v) is 15.6. The van der Waals surface area contributed by atoms with Crippen LogP contribution in [0, 0.1) is 11.8 Å². The maximum atomic E-state index is 14.1. The summed E-state index contributed by atoms with van der Waals surface area (Å²) < 4.78 is 13.7. The van der Waals surface area contributed by atoms with Gasteiger partial charge in [0.2, 0.25) is 17.7 Å². The number of unbranched alkanes of at least 4 members (excludes halogenated alkanes) is 2. The molecule has 3 aromatic rings. The number of anilines is 1. The lowest BCUT2D eigenvalue weighted by Crippen LogP contribution is -2.56. The largest absolute Gasteiger partial charge is 0.494 e. The highest BCUT2D eigenvalue weighted by molar-refractivity contribution is 9.09. The Hall–Kier alpha value is -3.55. The molecule has 43 heavy (non-hydrogen) atoms. The van der Waals surface area contributed by atoms with Crippen LogP contribution in [0.3, 0.4) is 0 Å². The number of amides is 3. The summed E-state index contributed by atoms with van der Waals surface area (Å²) >= 11 is 3.70. The van der Waals surface area contributed by atoms with Gasteiger partial charge in [-0.15, -0.1) is 5.10 Å². The topological polar surface area (TPSA) is 148 Å². The molecular formula is C30H35BrN6O6. The Balaban J connectivity index is 1.26. The number of carbonyl (C=O) groups is 3. The summed E-state index contributed by atoms with van der Waals surface area (Å²) in [5.74, 6) is -1.86. The first-order valence-electron chi connectivity index (χ1n) is 14.7. The van der Waals surface area contributed by atoms with Crippen LogP contribution < -0.4 is 15.4 Å². The summed E-state index contributed by atoms with van der Waals surface area (Å²) in [4.78, 5) is 43.3. The zero-order chi connectivity index (χ0) is 30.1. The van der Waals surface area contributed by atoms with E-state index in [0.29, 0.717) is 55.8 Å². The molecule has 13 heteroatoms. The van der Waals surface area contributed by atoms with Gasteiger partial charge in [0.1, 0.15) is 29.6 Å². The van der Waals surface area contributed by atoms with Crippen molar-refractivity contribution in [3.05, 3.63) is 48.5 Å². The zero-order valence-corrected chi connectivity index (χ0v) is 25.4. The lowest BCUT2D eigenvalue weighted by molar-refractivity contribution is -0.141. The van der Waals surface area contributed by atoms with Crippen LogP contribution in [0.4, 0.5) is 5.69 Å². The monoisotopic (exact) mass is 654 g/mol. The van der Waals surface area contributed by atoms with Crippen LogP contribution in [0.25, 0.3) is 11.0 Å². The number of likely N-dealkylation sites (tertiary alicyclic amines) is 1. The Labute approximate surface area is 257 Å². The molecule has 228 valence electrons. The number of aromatic nitrogens is 3. The van der Waals surface area contributed by atoms with Crippen molar-refractivity contribution in [2.45, 2.75) is 61.8 Å². The average molecular weight is 656 g/mol. The molecule has 3 aliphatic heterocycles. The van der Waals surface area contributed by atoms with Gasteiger partial charge in [-0.2, -0.15) is 0 Å². The minimum Gasteiger partial charge on any atom is -0.494 e. The number of carbonyl (C=O) groups excluding carboxylic acids is 3. The Bertz CT molecular complexity index is 1500. The lowest BCUT2D eigenvalue weighted by atomic mass is 9.70. The third-order valence-electron chi connectivity index (χ3n) is 8.65. The number of para-hydroxylation sites is 1. The van der Waals surface area contributed by atoms with Crippen molar-refractivity contribution < 1.29 is 29.0 Å². The average Bonchev–Trinajstić information content (AvgIpc) is 3.72. The molecule has 2 bridgehead atoms. The molecule has 3 N–H and O–H groups in total. The summed E-state index contributed by atoms with van der Waals surface area (Å²) in [6.07, 6.45) is 1.75. The number of hydrogen-bond acceptors (Lipinski definition) is 8. The minimum absolute atomic E-state index is 0.0557. The second kappa shape index (κ2) is 12.2. The van der Waals surface area contributed by atoms with Gasteiger partial charge in [-0.05, 0) is 69.0 Å². The fourth-order valence-corrected chi connectivity index (χ4v) is 7.79. The summed E-state index contributed by atoms with van der Waals surface area (Å²) in [6.45, 7) is 2.86. The summed E-state index contributed by atoms with van der Waals surface area (Å²) in [7, 11) is 0. The van der Waals surface area contributed by atoms with Crippen molar-refractivity contribution in [3.63, 3.8) is 0 Å². The number of alkyl halides is 1. The maximum Gasteiger partial charge on any atom is 0.247 e. The lowest BCUT2D eigenvalue weighted by Gasteiger charge is -2.34. The zero-order valence-electron chi connectivity index (χ0n) is 23.8. The molecule has 0 saturated carbocycles. The maximum absolute atomic E-state index is 14.1. The molecule has 1 spiro atoms. The van der Waals surface area contributed by atoms with E-state index in [-0.39, 0.29) is 35.8 Å². The molecule has 3 amide bonds. The SMILES string of the molecule is CCOc1ccc(NC(=O)[C@H]2[C@H]3C(=O)N(CCCCCO)C(C(=O)NCn4nnc5ccccc54)C34CC(Br)[C@@H]2O4)cc1. The third-order valence-corrected chi connectivity index (χ3v) is 9.50. The highest BCUT2D eigenvalue weighted by Crippen LogP contribution is 2.60. The highest BCUT2D eigenvalue weighted by Gasteiger charge is 2.76. The second-order valence-corrected chi connectivity index (χ2v) is 12.4. The van der Waals surface area contributed by atoms with Crippen LogP contribution in [0.15, 0.2) is 48.5 Å².